The predicted octanol–water partition coefficient (Wildman–Crippen LogP) is 3.91. The van der Waals surface area contributed by atoms with Crippen molar-refractivity contribution < 1.29 is 28.6 Å². The Kier molecular flexibility index (Phi) is 5.76. The van der Waals surface area contributed by atoms with Crippen molar-refractivity contribution in [1.29, 1.82) is 0 Å². The maximum atomic E-state index is 12.3. The zero-order chi connectivity index (χ0) is 20.1. The molecule has 0 spiro atoms. The molecular weight excluding hydrogens is 386 g/mol. The number of para-hydroxylation sites is 2. The van der Waals surface area contributed by atoms with Crippen LogP contribution in [-0.2, 0) is 9.53 Å². The van der Waals surface area contributed by atoms with Gasteiger partial charge in [0.2, 0.25) is 0 Å². The number of phenolic OH excluding ortho intramolecular Hbond substituents is 1. The number of phenols is 1. The minimum atomic E-state index is -0.804. The van der Waals surface area contributed by atoms with Gasteiger partial charge in [-0.15, -0.1) is 0 Å². The number of benzene rings is 2. The van der Waals surface area contributed by atoms with Gasteiger partial charge in [0.25, 0.3) is 5.91 Å². The lowest BCUT2D eigenvalue weighted by molar-refractivity contribution is -0.119. The minimum absolute atomic E-state index is 0.0404. The number of rotatable bonds is 6. The molecule has 3 rings (SSSR count). The Morgan fingerprint density at radius 1 is 1.14 bits per heavy atom. The number of esters is 1. The molecule has 0 unspecified atom stereocenters. The van der Waals surface area contributed by atoms with E-state index in [2.05, 4.69) is 5.32 Å². The van der Waals surface area contributed by atoms with E-state index in [-0.39, 0.29) is 27.8 Å². The highest BCUT2D eigenvalue weighted by Crippen LogP contribution is 2.27. The van der Waals surface area contributed by atoms with Gasteiger partial charge in [-0.3, -0.25) is 9.59 Å². The third-order valence-corrected chi connectivity index (χ3v) is 4.06. The Morgan fingerprint density at radius 3 is 2.64 bits per heavy atom. The fourth-order valence-electron chi connectivity index (χ4n) is 2.38. The van der Waals surface area contributed by atoms with Crippen molar-refractivity contribution in [1.82, 2.24) is 0 Å². The van der Waals surface area contributed by atoms with E-state index in [9.17, 15) is 19.5 Å². The van der Waals surface area contributed by atoms with Gasteiger partial charge in [0.15, 0.2) is 18.7 Å². The molecule has 1 heterocycles. The number of amides is 1. The zero-order valence-electron chi connectivity index (χ0n) is 14.3. The van der Waals surface area contributed by atoms with Crippen LogP contribution in [0.4, 0.5) is 5.69 Å². The van der Waals surface area contributed by atoms with Crippen LogP contribution < -0.4 is 5.32 Å². The summed E-state index contributed by atoms with van der Waals surface area (Å²) in [4.78, 5) is 35.0. The van der Waals surface area contributed by atoms with Crippen molar-refractivity contribution in [3.63, 3.8) is 0 Å². The second-order valence-corrected chi connectivity index (χ2v) is 6.06. The maximum absolute atomic E-state index is 12.3. The van der Waals surface area contributed by atoms with Gasteiger partial charge in [-0.2, -0.15) is 0 Å². The maximum Gasteiger partial charge on any atom is 0.340 e. The highest BCUT2D eigenvalue weighted by atomic mass is 35.5. The van der Waals surface area contributed by atoms with Crippen molar-refractivity contribution in [3.05, 3.63) is 70.9 Å². The number of carbonyl (C=O) groups excluding carboxylic acids is 3. The number of anilines is 1. The molecule has 1 amide bonds. The Bertz CT molecular complexity index is 1040. The highest BCUT2D eigenvalue weighted by molar-refractivity contribution is 6.33. The lowest BCUT2D eigenvalue weighted by Gasteiger charge is -2.09. The quantitative estimate of drug-likeness (QED) is 0.370. The number of carbonyl (C=O) groups is 3. The van der Waals surface area contributed by atoms with Gasteiger partial charge in [-0.05, 0) is 42.5 Å². The summed E-state index contributed by atoms with van der Waals surface area (Å²) in [5.74, 6) is -1.00. The monoisotopic (exact) mass is 399 g/mol. The van der Waals surface area contributed by atoms with Crippen LogP contribution in [0.15, 0.2) is 59.0 Å². The van der Waals surface area contributed by atoms with E-state index >= 15 is 0 Å². The number of nitrogens with one attached hydrogen (secondary N) is 1. The van der Waals surface area contributed by atoms with Crippen molar-refractivity contribution >= 4 is 35.5 Å². The van der Waals surface area contributed by atoms with E-state index in [0.29, 0.717) is 17.6 Å². The molecule has 0 atom stereocenters. The van der Waals surface area contributed by atoms with Gasteiger partial charge < -0.3 is 19.6 Å². The molecule has 0 bridgehead atoms. The first-order chi connectivity index (χ1) is 13.5. The van der Waals surface area contributed by atoms with Gasteiger partial charge >= 0.3 is 5.97 Å². The summed E-state index contributed by atoms with van der Waals surface area (Å²) >= 11 is 6.06. The lowest BCUT2D eigenvalue weighted by Crippen LogP contribution is -2.21. The standard InChI is InChI=1S/C20H14ClNO6/c21-15-7-5-12(18-8-6-13(10-23)28-18)9-14(15)20(26)27-11-19(25)22-16-3-1-2-4-17(16)24/h1-10,24H,11H2,(H,22,25). The lowest BCUT2D eigenvalue weighted by atomic mass is 10.1. The van der Waals surface area contributed by atoms with Gasteiger partial charge in [0.05, 0.1) is 16.3 Å². The Hall–Kier alpha value is -3.58. The molecule has 0 radical (unpaired) electrons. The van der Waals surface area contributed by atoms with Crippen LogP contribution >= 0.6 is 11.6 Å². The molecule has 0 aliphatic heterocycles. The molecule has 2 N–H and O–H groups in total. The summed E-state index contributed by atoms with van der Waals surface area (Å²) < 4.78 is 10.3. The third-order valence-electron chi connectivity index (χ3n) is 3.73. The Morgan fingerprint density at radius 2 is 1.93 bits per heavy atom. The second-order valence-electron chi connectivity index (χ2n) is 5.66. The average Bonchev–Trinajstić information content (AvgIpc) is 3.17. The smallest absolute Gasteiger partial charge is 0.340 e. The summed E-state index contributed by atoms with van der Waals surface area (Å²) in [7, 11) is 0. The van der Waals surface area contributed by atoms with Crippen LogP contribution in [-0.4, -0.2) is 29.9 Å². The summed E-state index contributed by atoms with van der Waals surface area (Å²) in [5, 5.41) is 12.2. The number of aldehydes is 1. The normalized spacial score (nSPS) is 10.3. The number of hydrogen-bond donors (Lipinski definition) is 2. The number of ether oxygens (including phenoxy) is 1. The van der Waals surface area contributed by atoms with Crippen molar-refractivity contribution in [3.8, 4) is 17.1 Å². The number of furan rings is 1. The summed E-state index contributed by atoms with van der Waals surface area (Å²) in [6.45, 7) is -0.566. The molecule has 28 heavy (non-hydrogen) atoms. The molecule has 0 saturated heterocycles. The van der Waals surface area contributed by atoms with Crippen molar-refractivity contribution in [2.75, 3.05) is 11.9 Å². The first kappa shape index (κ1) is 19.2. The van der Waals surface area contributed by atoms with Crippen LogP contribution in [0, 0.1) is 0 Å². The topological polar surface area (TPSA) is 106 Å². The Balaban J connectivity index is 1.68. The summed E-state index contributed by atoms with van der Waals surface area (Å²) in [6, 6.07) is 13.8. The van der Waals surface area contributed by atoms with Gasteiger partial charge in [0, 0.05) is 5.56 Å². The second kappa shape index (κ2) is 8.41. The van der Waals surface area contributed by atoms with E-state index in [1.54, 1.807) is 24.3 Å². The average molecular weight is 400 g/mol. The molecule has 7 nitrogen and oxygen atoms in total. The van der Waals surface area contributed by atoms with Crippen LogP contribution in [0.25, 0.3) is 11.3 Å². The largest absolute Gasteiger partial charge is 0.506 e. The minimum Gasteiger partial charge on any atom is -0.506 e. The highest BCUT2D eigenvalue weighted by Gasteiger charge is 2.17. The van der Waals surface area contributed by atoms with E-state index in [0.717, 1.165) is 0 Å². The molecule has 0 fully saturated rings. The molecule has 0 aliphatic rings. The Labute approximate surface area is 164 Å². The van der Waals surface area contributed by atoms with Crippen LogP contribution in [0.5, 0.6) is 5.75 Å². The summed E-state index contributed by atoms with van der Waals surface area (Å²) in [5.41, 5.74) is 0.758. The molecular formula is C20H14ClNO6. The van der Waals surface area contributed by atoms with Crippen molar-refractivity contribution in [2.24, 2.45) is 0 Å². The predicted molar refractivity (Wildman–Crippen MR) is 102 cm³/mol. The molecule has 0 saturated carbocycles. The van der Waals surface area contributed by atoms with E-state index in [1.165, 1.54) is 30.3 Å². The fourth-order valence-corrected chi connectivity index (χ4v) is 2.58. The first-order valence-electron chi connectivity index (χ1n) is 8.08. The van der Waals surface area contributed by atoms with E-state index < -0.39 is 18.5 Å². The van der Waals surface area contributed by atoms with Gasteiger partial charge in [-0.1, -0.05) is 23.7 Å². The molecule has 8 heteroatoms. The van der Waals surface area contributed by atoms with Crippen LogP contribution in [0.2, 0.25) is 5.02 Å². The fraction of sp³-hybridized carbons (Fsp3) is 0.0500. The molecule has 142 valence electrons. The van der Waals surface area contributed by atoms with Gasteiger partial charge in [-0.25, -0.2) is 4.79 Å². The zero-order valence-corrected chi connectivity index (χ0v) is 15.1. The number of hydrogen-bond acceptors (Lipinski definition) is 6. The number of halogens is 1. The molecule has 1 aromatic heterocycles. The third kappa shape index (κ3) is 4.39. The van der Waals surface area contributed by atoms with E-state index in [4.69, 9.17) is 20.8 Å². The number of aromatic hydroxyl groups is 1. The van der Waals surface area contributed by atoms with E-state index in [1.807, 2.05) is 0 Å². The molecule has 0 aliphatic carbocycles. The van der Waals surface area contributed by atoms with Crippen LogP contribution in [0.3, 0.4) is 0 Å². The van der Waals surface area contributed by atoms with Crippen LogP contribution in [0.1, 0.15) is 20.9 Å². The van der Waals surface area contributed by atoms with Crippen molar-refractivity contribution in [2.45, 2.75) is 0 Å². The SMILES string of the molecule is O=Cc1ccc(-c2ccc(Cl)c(C(=O)OCC(=O)Nc3ccccc3O)c2)o1. The first-order valence-corrected chi connectivity index (χ1v) is 8.45. The summed E-state index contributed by atoms with van der Waals surface area (Å²) in [6.07, 6.45) is 0.567. The molecule has 2 aromatic carbocycles. The van der Waals surface area contributed by atoms with Gasteiger partial charge in [0.1, 0.15) is 11.5 Å². The molecule has 3 aromatic rings.